The molecule has 5 rings (SSSR count). The van der Waals surface area contributed by atoms with Gasteiger partial charge in [-0.2, -0.15) is 0 Å². The molecule has 0 radical (unpaired) electrons. The summed E-state index contributed by atoms with van der Waals surface area (Å²) in [6.45, 7) is 1.84. The summed E-state index contributed by atoms with van der Waals surface area (Å²) in [7, 11) is 0. The summed E-state index contributed by atoms with van der Waals surface area (Å²) in [6.07, 6.45) is 0. The van der Waals surface area contributed by atoms with E-state index in [1.807, 2.05) is 25.1 Å². The first-order chi connectivity index (χ1) is 13.0. The number of para-hydroxylation sites is 2. The van der Waals surface area contributed by atoms with Crippen molar-refractivity contribution in [1.82, 2.24) is 5.32 Å². The van der Waals surface area contributed by atoms with E-state index in [2.05, 4.69) is 10.6 Å². The van der Waals surface area contributed by atoms with Crippen molar-refractivity contribution in [2.24, 2.45) is 11.8 Å². The second-order valence-corrected chi connectivity index (χ2v) is 7.61. The molecule has 27 heavy (non-hydrogen) atoms. The van der Waals surface area contributed by atoms with Crippen molar-refractivity contribution in [3.63, 3.8) is 0 Å². The number of nitrogens with one attached hydrogen (secondary N) is 2. The number of anilines is 2. The van der Waals surface area contributed by atoms with E-state index >= 15 is 0 Å². The third-order valence-corrected chi connectivity index (χ3v) is 6.18. The van der Waals surface area contributed by atoms with Gasteiger partial charge < -0.3 is 5.32 Å². The highest BCUT2D eigenvalue weighted by Gasteiger charge is 2.69. The smallest absolute Gasteiger partial charge is 0.250 e. The van der Waals surface area contributed by atoms with E-state index < -0.39 is 23.3 Å². The van der Waals surface area contributed by atoms with Crippen LogP contribution in [0.4, 0.5) is 11.4 Å². The van der Waals surface area contributed by atoms with Crippen LogP contribution in [0.3, 0.4) is 0 Å². The lowest BCUT2D eigenvalue weighted by molar-refractivity contribution is -0.130. The molecule has 6 nitrogen and oxygen atoms in total. The van der Waals surface area contributed by atoms with Gasteiger partial charge in [0, 0.05) is 17.3 Å². The van der Waals surface area contributed by atoms with Gasteiger partial charge in [-0.25, -0.2) is 4.90 Å². The molecule has 2 fully saturated rings. The number of hydrogen-bond acceptors (Lipinski definition) is 4. The van der Waals surface area contributed by atoms with Gasteiger partial charge in [-0.1, -0.05) is 41.9 Å². The Labute approximate surface area is 160 Å². The second-order valence-electron chi connectivity index (χ2n) is 7.21. The zero-order valence-corrected chi connectivity index (χ0v) is 15.2. The van der Waals surface area contributed by atoms with Gasteiger partial charge in [-0.05, 0) is 25.1 Å². The molecule has 3 aliphatic heterocycles. The van der Waals surface area contributed by atoms with E-state index in [4.69, 9.17) is 11.6 Å². The molecular weight excluding hydrogens is 366 g/mol. The number of fused-ring (bicyclic) bond motifs is 4. The van der Waals surface area contributed by atoms with Crippen molar-refractivity contribution in [3.05, 3.63) is 59.1 Å². The van der Waals surface area contributed by atoms with Crippen LogP contribution in [0.1, 0.15) is 12.5 Å². The highest BCUT2D eigenvalue weighted by molar-refractivity contribution is 6.36. The monoisotopic (exact) mass is 381 g/mol. The van der Waals surface area contributed by atoms with Crippen molar-refractivity contribution in [3.8, 4) is 0 Å². The summed E-state index contributed by atoms with van der Waals surface area (Å²) in [5, 5.41) is 6.45. The van der Waals surface area contributed by atoms with Crippen molar-refractivity contribution in [1.29, 1.82) is 0 Å². The molecule has 0 saturated carbocycles. The van der Waals surface area contributed by atoms with E-state index in [9.17, 15) is 14.4 Å². The van der Waals surface area contributed by atoms with E-state index in [0.29, 0.717) is 22.0 Å². The molecule has 0 unspecified atom stereocenters. The molecule has 2 aromatic rings. The highest BCUT2D eigenvalue weighted by atomic mass is 35.5. The SMILES string of the molecule is C[C@@H]1N[C@]2(C(=O)Nc3ccccc32)[C@H]2C(=O)N(c3ccccc3Cl)C(=O)[C@H]12. The van der Waals surface area contributed by atoms with Crippen LogP contribution in [-0.2, 0) is 19.9 Å². The molecule has 136 valence electrons. The van der Waals surface area contributed by atoms with Crippen molar-refractivity contribution < 1.29 is 14.4 Å². The second kappa shape index (κ2) is 5.41. The van der Waals surface area contributed by atoms with Gasteiger partial charge in [0.25, 0.3) is 0 Å². The minimum atomic E-state index is -1.25. The zero-order valence-electron chi connectivity index (χ0n) is 14.4. The first kappa shape index (κ1) is 16.5. The van der Waals surface area contributed by atoms with Crippen LogP contribution in [0.5, 0.6) is 0 Å². The minimum absolute atomic E-state index is 0.301. The molecule has 2 saturated heterocycles. The van der Waals surface area contributed by atoms with E-state index in [1.54, 1.807) is 30.3 Å². The maximum atomic E-state index is 13.4. The molecule has 3 heterocycles. The molecule has 3 amide bonds. The summed E-state index contributed by atoms with van der Waals surface area (Å²) in [5.74, 6) is -2.48. The molecule has 2 N–H and O–H groups in total. The number of benzene rings is 2. The quantitative estimate of drug-likeness (QED) is 0.743. The van der Waals surface area contributed by atoms with Gasteiger partial charge in [0.1, 0.15) is 5.54 Å². The Bertz CT molecular complexity index is 1020. The number of nitrogens with zero attached hydrogens (tertiary/aromatic N) is 1. The zero-order chi connectivity index (χ0) is 18.9. The fraction of sp³-hybridized carbons (Fsp3) is 0.250. The lowest BCUT2D eigenvalue weighted by Gasteiger charge is -2.29. The summed E-state index contributed by atoms with van der Waals surface area (Å²) in [6, 6.07) is 13.7. The molecule has 7 heteroatoms. The number of carbonyl (C=O) groups is 3. The predicted octanol–water partition coefficient (Wildman–Crippen LogP) is 2.28. The van der Waals surface area contributed by atoms with Crippen LogP contribution in [-0.4, -0.2) is 23.8 Å². The molecule has 0 bridgehead atoms. The van der Waals surface area contributed by atoms with Crippen LogP contribution in [0, 0.1) is 11.8 Å². The third kappa shape index (κ3) is 1.91. The van der Waals surface area contributed by atoms with Gasteiger partial charge >= 0.3 is 0 Å². The fourth-order valence-corrected chi connectivity index (χ4v) is 5.01. The van der Waals surface area contributed by atoms with Crippen molar-refractivity contribution >= 4 is 40.7 Å². The molecule has 3 aliphatic rings. The van der Waals surface area contributed by atoms with Gasteiger partial charge in [0.15, 0.2) is 0 Å². The average Bonchev–Trinajstić information content (AvgIpc) is 3.21. The van der Waals surface area contributed by atoms with E-state index in [-0.39, 0.29) is 17.9 Å². The summed E-state index contributed by atoms with van der Waals surface area (Å²) in [4.78, 5) is 40.8. The van der Waals surface area contributed by atoms with Gasteiger partial charge in [-0.3, -0.25) is 19.7 Å². The summed E-state index contributed by atoms with van der Waals surface area (Å²) in [5.41, 5.74) is 0.483. The Hall–Kier alpha value is -2.70. The normalized spacial score (nSPS) is 31.4. The Morgan fingerprint density at radius 3 is 2.48 bits per heavy atom. The van der Waals surface area contributed by atoms with Crippen LogP contribution in [0.15, 0.2) is 48.5 Å². The van der Waals surface area contributed by atoms with Crippen LogP contribution in [0.2, 0.25) is 5.02 Å². The fourth-order valence-electron chi connectivity index (χ4n) is 4.79. The van der Waals surface area contributed by atoms with Gasteiger partial charge in [0.05, 0.1) is 22.5 Å². The minimum Gasteiger partial charge on any atom is -0.324 e. The molecule has 2 aromatic carbocycles. The Kier molecular flexibility index (Phi) is 3.30. The first-order valence-corrected chi connectivity index (χ1v) is 9.15. The van der Waals surface area contributed by atoms with Crippen molar-refractivity contribution in [2.45, 2.75) is 18.5 Å². The standard InChI is InChI=1S/C20H16ClN3O3/c1-10-15-16(18(26)24(17(15)25)14-9-5-3-7-12(14)21)20(23-10)11-6-2-4-8-13(11)22-19(20)27/h2-10,15-16,23H,1H3,(H,22,27)/t10-,15+,16+,20-/m0/s1. The van der Waals surface area contributed by atoms with Crippen LogP contribution >= 0.6 is 11.6 Å². The highest BCUT2D eigenvalue weighted by Crippen LogP contribution is 2.53. The summed E-state index contributed by atoms with van der Waals surface area (Å²) < 4.78 is 0. The van der Waals surface area contributed by atoms with E-state index in [1.165, 1.54) is 0 Å². The lowest BCUT2D eigenvalue weighted by Crippen LogP contribution is -2.53. The topological polar surface area (TPSA) is 78.5 Å². The first-order valence-electron chi connectivity index (χ1n) is 8.78. The predicted molar refractivity (Wildman–Crippen MR) is 100 cm³/mol. The molecule has 4 atom stereocenters. The largest absolute Gasteiger partial charge is 0.324 e. The number of rotatable bonds is 1. The maximum absolute atomic E-state index is 13.4. The maximum Gasteiger partial charge on any atom is 0.250 e. The van der Waals surface area contributed by atoms with Crippen molar-refractivity contribution in [2.75, 3.05) is 10.2 Å². The van der Waals surface area contributed by atoms with Gasteiger partial charge in [0.2, 0.25) is 17.7 Å². The van der Waals surface area contributed by atoms with Gasteiger partial charge in [-0.15, -0.1) is 0 Å². The summed E-state index contributed by atoms with van der Waals surface area (Å²) >= 11 is 6.25. The Balaban J connectivity index is 1.69. The molecule has 0 aliphatic carbocycles. The molecular formula is C20H16ClN3O3. The number of imide groups is 1. The molecule has 0 aromatic heterocycles. The number of halogens is 1. The number of amides is 3. The van der Waals surface area contributed by atoms with E-state index in [0.717, 1.165) is 4.90 Å². The van der Waals surface area contributed by atoms with Crippen LogP contribution < -0.4 is 15.5 Å². The number of hydrogen-bond donors (Lipinski definition) is 2. The third-order valence-electron chi connectivity index (χ3n) is 5.86. The Morgan fingerprint density at radius 1 is 1.00 bits per heavy atom. The average molecular weight is 382 g/mol. The molecule has 1 spiro atoms. The Morgan fingerprint density at radius 2 is 1.70 bits per heavy atom. The number of carbonyl (C=O) groups excluding carboxylic acids is 3. The van der Waals surface area contributed by atoms with Crippen LogP contribution in [0.25, 0.3) is 0 Å². The lowest BCUT2D eigenvalue weighted by atomic mass is 9.76.